The van der Waals surface area contributed by atoms with Crippen molar-refractivity contribution >= 4 is 28.0 Å². The van der Waals surface area contributed by atoms with Gasteiger partial charge in [0, 0.05) is 28.4 Å². The van der Waals surface area contributed by atoms with Crippen LogP contribution in [0.5, 0.6) is 0 Å². The lowest BCUT2D eigenvalue weighted by atomic mass is 10.1. The minimum Gasteiger partial charge on any atom is -0.472 e. The van der Waals surface area contributed by atoms with Crippen molar-refractivity contribution in [1.82, 2.24) is 19.6 Å². The van der Waals surface area contributed by atoms with Gasteiger partial charge in [0.15, 0.2) is 0 Å². The van der Waals surface area contributed by atoms with Gasteiger partial charge in [-0.2, -0.15) is 5.10 Å². The fourth-order valence-electron chi connectivity index (χ4n) is 3.23. The molecule has 0 aliphatic rings. The third kappa shape index (κ3) is 2.56. The molecule has 4 heterocycles. The number of anilines is 1. The lowest BCUT2D eigenvalue weighted by molar-refractivity contribution is 0.102. The van der Waals surface area contributed by atoms with Gasteiger partial charge in [0.05, 0.1) is 36.1 Å². The second kappa shape index (κ2) is 5.84. The highest BCUT2D eigenvalue weighted by atomic mass is 16.3. The third-order valence-corrected chi connectivity index (χ3v) is 4.61. The molecule has 7 heteroatoms. The van der Waals surface area contributed by atoms with Crippen molar-refractivity contribution < 1.29 is 9.21 Å². The van der Waals surface area contributed by atoms with Crippen molar-refractivity contribution in [3.63, 3.8) is 0 Å². The Morgan fingerprint density at radius 2 is 2.19 bits per heavy atom. The third-order valence-electron chi connectivity index (χ3n) is 4.61. The lowest BCUT2D eigenvalue weighted by Crippen LogP contribution is -2.13. The summed E-state index contributed by atoms with van der Waals surface area (Å²) >= 11 is 0. The molecule has 132 valence electrons. The van der Waals surface area contributed by atoms with Crippen LogP contribution in [0.3, 0.4) is 0 Å². The number of aryl methyl sites for hydroxylation is 1. The topological polar surface area (TPSA) is 88.2 Å². The molecule has 2 N–H and O–H groups in total. The minimum atomic E-state index is -0.163. The van der Waals surface area contributed by atoms with Gasteiger partial charge < -0.3 is 14.1 Å². The summed E-state index contributed by atoms with van der Waals surface area (Å²) in [6, 6.07) is 9.35. The minimum absolute atomic E-state index is 0.163. The maximum Gasteiger partial charge on any atom is 0.256 e. The zero-order valence-electron chi connectivity index (χ0n) is 14.4. The summed E-state index contributed by atoms with van der Waals surface area (Å²) in [7, 11) is 0. The Kier molecular flexibility index (Phi) is 3.33. The molecule has 0 aliphatic heterocycles. The van der Waals surface area contributed by atoms with Gasteiger partial charge in [0.2, 0.25) is 0 Å². The van der Waals surface area contributed by atoms with E-state index in [0.29, 0.717) is 11.3 Å². The van der Waals surface area contributed by atoms with Crippen molar-refractivity contribution in [3.8, 4) is 11.3 Å². The van der Waals surface area contributed by atoms with E-state index >= 15 is 0 Å². The van der Waals surface area contributed by atoms with E-state index in [9.17, 15) is 4.79 Å². The second-order valence-corrected chi connectivity index (χ2v) is 6.39. The Balaban J connectivity index is 1.51. The smallest absolute Gasteiger partial charge is 0.256 e. The SMILES string of the molecule is Cc1cn2cncc2cc1C(=O)Nc1ccc2[nH]nc(-c3ccoc3)c2c1. The Bertz CT molecular complexity index is 1280. The number of carbonyl (C=O) groups is 1. The van der Waals surface area contributed by atoms with Crippen LogP contribution in [0, 0.1) is 6.92 Å². The Labute approximate surface area is 153 Å². The highest BCUT2D eigenvalue weighted by Gasteiger charge is 2.14. The number of carbonyl (C=O) groups excluding carboxylic acids is 1. The van der Waals surface area contributed by atoms with Crippen LogP contribution < -0.4 is 5.32 Å². The summed E-state index contributed by atoms with van der Waals surface area (Å²) in [5, 5.41) is 11.2. The number of rotatable bonds is 3. The van der Waals surface area contributed by atoms with Gasteiger partial charge in [-0.1, -0.05) is 0 Å². The number of hydrogen-bond acceptors (Lipinski definition) is 4. The maximum atomic E-state index is 12.8. The van der Waals surface area contributed by atoms with E-state index in [0.717, 1.165) is 33.2 Å². The summed E-state index contributed by atoms with van der Waals surface area (Å²) in [4.78, 5) is 16.9. The van der Waals surface area contributed by atoms with E-state index in [-0.39, 0.29) is 5.91 Å². The number of furan rings is 1. The molecule has 0 radical (unpaired) electrons. The number of H-pyrrole nitrogens is 1. The van der Waals surface area contributed by atoms with Gasteiger partial charge >= 0.3 is 0 Å². The van der Waals surface area contributed by atoms with Crippen molar-refractivity contribution in [2.75, 3.05) is 5.32 Å². The normalized spacial score (nSPS) is 11.3. The first kappa shape index (κ1) is 15.4. The number of amides is 1. The molecule has 1 aromatic carbocycles. The highest BCUT2D eigenvalue weighted by Crippen LogP contribution is 2.29. The lowest BCUT2D eigenvalue weighted by Gasteiger charge is -2.09. The number of fused-ring (bicyclic) bond motifs is 2. The summed E-state index contributed by atoms with van der Waals surface area (Å²) in [6.07, 6.45) is 8.59. The predicted molar refractivity (Wildman–Crippen MR) is 102 cm³/mol. The number of nitrogens with zero attached hydrogens (tertiary/aromatic N) is 3. The highest BCUT2D eigenvalue weighted by molar-refractivity contribution is 6.07. The maximum absolute atomic E-state index is 12.8. The molecular formula is C20H15N5O2. The van der Waals surface area contributed by atoms with Gasteiger partial charge in [-0.3, -0.25) is 9.89 Å². The van der Waals surface area contributed by atoms with Crippen LogP contribution in [0.2, 0.25) is 0 Å². The molecule has 0 bridgehead atoms. The quantitative estimate of drug-likeness (QED) is 0.510. The number of hydrogen-bond donors (Lipinski definition) is 2. The summed E-state index contributed by atoms with van der Waals surface area (Å²) in [5.74, 6) is -0.163. The van der Waals surface area contributed by atoms with Crippen LogP contribution in [0.15, 0.2) is 66.0 Å². The first-order valence-corrected chi connectivity index (χ1v) is 8.43. The molecule has 0 spiro atoms. The van der Waals surface area contributed by atoms with E-state index in [1.165, 1.54) is 0 Å². The monoisotopic (exact) mass is 357 g/mol. The van der Waals surface area contributed by atoms with Crippen molar-refractivity contribution in [2.24, 2.45) is 0 Å². The molecule has 0 saturated carbocycles. The van der Waals surface area contributed by atoms with Crippen LogP contribution >= 0.6 is 0 Å². The summed E-state index contributed by atoms with van der Waals surface area (Å²) < 4.78 is 7.04. The first-order valence-electron chi connectivity index (χ1n) is 8.43. The Morgan fingerprint density at radius 3 is 3.04 bits per heavy atom. The van der Waals surface area contributed by atoms with E-state index < -0.39 is 0 Å². The first-order chi connectivity index (χ1) is 13.2. The fraction of sp³-hybridized carbons (Fsp3) is 0.0500. The summed E-state index contributed by atoms with van der Waals surface area (Å²) in [6.45, 7) is 1.91. The molecule has 0 atom stereocenters. The molecule has 0 aliphatic carbocycles. The van der Waals surface area contributed by atoms with Gasteiger partial charge in [0.25, 0.3) is 5.91 Å². The number of benzene rings is 1. The molecule has 5 aromatic rings. The Hall–Kier alpha value is -3.87. The van der Waals surface area contributed by atoms with Crippen LogP contribution in [0.1, 0.15) is 15.9 Å². The number of aromatic amines is 1. The van der Waals surface area contributed by atoms with Gasteiger partial charge in [0.1, 0.15) is 5.69 Å². The van der Waals surface area contributed by atoms with Gasteiger partial charge in [-0.15, -0.1) is 0 Å². The van der Waals surface area contributed by atoms with Crippen LogP contribution in [-0.4, -0.2) is 25.5 Å². The van der Waals surface area contributed by atoms with E-state index in [4.69, 9.17) is 4.42 Å². The molecule has 4 aromatic heterocycles. The largest absolute Gasteiger partial charge is 0.472 e. The van der Waals surface area contributed by atoms with Crippen LogP contribution in [0.25, 0.3) is 27.7 Å². The van der Waals surface area contributed by atoms with E-state index in [1.54, 1.807) is 25.1 Å². The average molecular weight is 357 g/mol. The fourth-order valence-corrected chi connectivity index (χ4v) is 3.23. The molecule has 1 amide bonds. The zero-order chi connectivity index (χ0) is 18.4. The number of pyridine rings is 1. The molecule has 0 fully saturated rings. The van der Waals surface area contributed by atoms with Crippen molar-refractivity contribution in [2.45, 2.75) is 6.92 Å². The second-order valence-electron chi connectivity index (χ2n) is 6.39. The molecule has 0 saturated heterocycles. The van der Waals surface area contributed by atoms with Crippen molar-refractivity contribution in [1.29, 1.82) is 0 Å². The zero-order valence-corrected chi connectivity index (χ0v) is 14.4. The van der Waals surface area contributed by atoms with E-state index in [1.807, 2.05) is 47.9 Å². The molecule has 7 nitrogen and oxygen atoms in total. The molecular weight excluding hydrogens is 342 g/mol. The standard InChI is InChI=1S/C20H15N5O2/c1-12-9-25-11-21-8-15(25)7-16(12)20(26)22-14-2-3-18-17(6-14)19(24-23-18)13-4-5-27-10-13/h2-11H,1H3,(H,22,26)(H,23,24). The van der Waals surface area contributed by atoms with Gasteiger partial charge in [-0.05, 0) is 42.8 Å². The Morgan fingerprint density at radius 1 is 1.26 bits per heavy atom. The predicted octanol–water partition coefficient (Wildman–Crippen LogP) is 4.03. The van der Waals surface area contributed by atoms with Crippen molar-refractivity contribution in [3.05, 3.63) is 72.7 Å². The molecule has 5 rings (SSSR count). The molecule has 0 unspecified atom stereocenters. The number of nitrogens with one attached hydrogen (secondary N) is 2. The number of imidazole rings is 1. The average Bonchev–Trinajstić information content (AvgIpc) is 3.40. The van der Waals surface area contributed by atoms with Gasteiger partial charge in [-0.25, -0.2) is 4.98 Å². The van der Waals surface area contributed by atoms with Crippen LogP contribution in [0.4, 0.5) is 5.69 Å². The molecule has 27 heavy (non-hydrogen) atoms. The summed E-state index contributed by atoms with van der Waals surface area (Å²) in [5.41, 5.74) is 5.62. The van der Waals surface area contributed by atoms with E-state index in [2.05, 4.69) is 20.5 Å². The number of aromatic nitrogens is 4. The van der Waals surface area contributed by atoms with Crippen LogP contribution in [-0.2, 0) is 0 Å².